The Morgan fingerprint density at radius 3 is 1.88 bits per heavy atom. The van der Waals surface area contributed by atoms with Crippen molar-refractivity contribution in [1.29, 1.82) is 0 Å². The number of nitrogens with zero attached hydrogens (tertiary/aromatic N) is 1. The van der Waals surface area contributed by atoms with Gasteiger partial charge < -0.3 is 15.3 Å². The number of carboxylic acids is 1. The van der Waals surface area contributed by atoms with Crippen LogP contribution in [0, 0.1) is 5.92 Å². The molecule has 1 aliphatic carbocycles. The fourth-order valence-corrected chi connectivity index (χ4v) is 2.07. The molecule has 0 aromatic heterocycles. The van der Waals surface area contributed by atoms with Crippen LogP contribution in [0.1, 0.15) is 25.7 Å². The molecule has 1 rings (SSSR count). The molecule has 0 aliphatic heterocycles. The smallest absolute Gasteiger partial charge is 0.417 e. The van der Waals surface area contributed by atoms with E-state index in [2.05, 4.69) is 0 Å². The molecule has 0 saturated heterocycles. The van der Waals surface area contributed by atoms with Gasteiger partial charge in [0.05, 0.1) is 12.0 Å². The first-order valence-electron chi connectivity index (χ1n) is 4.93. The van der Waals surface area contributed by atoms with Crippen LogP contribution in [-0.2, 0) is 4.79 Å². The number of hydrogen-bond donors (Lipinski definition) is 3. The molecule has 0 aromatic carbocycles. The highest BCUT2D eigenvalue weighted by Crippen LogP contribution is 2.29. The van der Waals surface area contributed by atoms with E-state index in [9.17, 15) is 14.4 Å². The lowest BCUT2D eigenvalue weighted by Crippen LogP contribution is -2.50. The van der Waals surface area contributed by atoms with Crippen LogP contribution in [0.4, 0.5) is 9.59 Å². The van der Waals surface area contributed by atoms with Gasteiger partial charge >= 0.3 is 18.2 Å². The summed E-state index contributed by atoms with van der Waals surface area (Å²) in [5, 5.41) is 26.4. The minimum absolute atomic E-state index is 0.206. The van der Waals surface area contributed by atoms with Gasteiger partial charge in [0.2, 0.25) is 0 Å². The molecule has 1 aliphatic rings. The average molecular weight is 231 g/mol. The van der Waals surface area contributed by atoms with Gasteiger partial charge in [0.25, 0.3) is 0 Å². The van der Waals surface area contributed by atoms with Gasteiger partial charge in [0.15, 0.2) is 0 Å². The van der Waals surface area contributed by atoms with Gasteiger partial charge in [0.1, 0.15) is 0 Å². The molecule has 7 nitrogen and oxygen atoms in total. The zero-order chi connectivity index (χ0) is 12.3. The fraction of sp³-hybridized carbons (Fsp3) is 0.667. The molecule has 7 heteroatoms. The van der Waals surface area contributed by atoms with E-state index >= 15 is 0 Å². The Morgan fingerprint density at radius 1 is 0.938 bits per heavy atom. The van der Waals surface area contributed by atoms with Crippen LogP contribution in [0.5, 0.6) is 0 Å². The second kappa shape index (κ2) is 4.82. The summed E-state index contributed by atoms with van der Waals surface area (Å²) in [5.41, 5.74) is 0. The Balaban J connectivity index is 2.91. The Labute approximate surface area is 91.3 Å². The summed E-state index contributed by atoms with van der Waals surface area (Å²) >= 11 is 0. The van der Waals surface area contributed by atoms with Gasteiger partial charge in [-0.25, -0.2) is 14.5 Å². The lowest BCUT2D eigenvalue weighted by molar-refractivity contribution is -0.144. The summed E-state index contributed by atoms with van der Waals surface area (Å²) in [4.78, 5) is 32.6. The van der Waals surface area contributed by atoms with Crippen molar-refractivity contribution in [2.24, 2.45) is 5.92 Å². The van der Waals surface area contributed by atoms with E-state index in [1.807, 2.05) is 0 Å². The molecule has 0 bridgehead atoms. The van der Waals surface area contributed by atoms with E-state index in [1.165, 1.54) is 0 Å². The topological polar surface area (TPSA) is 115 Å². The summed E-state index contributed by atoms with van der Waals surface area (Å²) in [5.74, 6) is -2.07. The summed E-state index contributed by atoms with van der Waals surface area (Å²) in [6, 6.07) is -0.971. The summed E-state index contributed by atoms with van der Waals surface area (Å²) in [6.45, 7) is 0. The van der Waals surface area contributed by atoms with Crippen LogP contribution >= 0.6 is 0 Å². The van der Waals surface area contributed by atoms with Crippen molar-refractivity contribution < 1.29 is 29.7 Å². The van der Waals surface area contributed by atoms with E-state index in [1.54, 1.807) is 0 Å². The zero-order valence-corrected chi connectivity index (χ0v) is 8.50. The maximum absolute atomic E-state index is 10.9. The summed E-state index contributed by atoms with van der Waals surface area (Å²) in [7, 11) is 0. The maximum Gasteiger partial charge on any atom is 0.417 e. The van der Waals surface area contributed by atoms with Crippen LogP contribution in [0.2, 0.25) is 0 Å². The molecule has 0 spiro atoms. The van der Waals surface area contributed by atoms with E-state index in [0.717, 1.165) is 0 Å². The average Bonchev–Trinajstić information content (AvgIpc) is 2.17. The predicted octanol–water partition coefficient (Wildman–Crippen LogP) is 1.29. The highest BCUT2D eigenvalue weighted by atomic mass is 16.4. The number of carbonyl (C=O) groups is 3. The second-order valence-corrected chi connectivity index (χ2v) is 3.73. The number of carboxylic acid groups (broad SMARTS) is 3. The first kappa shape index (κ1) is 12.3. The predicted molar refractivity (Wildman–Crippen MR) is 51.3 cm³/mol. The highest BCUT2D eigenvalue weighted by Gasteiger charge is 2.40. The Bertz CT molecular complexity index is 301. The molecule has 0 heterocycles. The number of aliphatic carboxylic acids is 1. The van der Waals surface area contributed by atoms with Crippen LogP contribution in [0.3, 0.4) is 0 Å². The summed E-state index contributed by atoms with van der Waals surface area (Å²) in [6.07, 6.45) is -1.32. The third-order valence-corrected chi connectivity index (χ3v) is 2.79. The molecule has 2 unspecified atom stereocenters. The monoisotopic (exact) mass is 231 g/mol. The molecule has 90 valence electrons. The third kappa shape index (κ3) is 2.41. The zero-order valence-electron chi connectivity index (χ0n) is 8.50. The van der Waals surface area contributed by atoms with E-state index in [0.29, 0.717) is 19.3 Å². The van der Waals surface area contributed by atoms with Gasteiger partial charge in [-0.3, -0.25) is 4.79 Å². The fourth-order valence-electron chi connectivity index (χ4n) is 2.07. The van der Waals surface area contributed by atoms with Crippen molar-refractivity contribution in [2.45, 2.75) is 31.7 Å². The van der Waals surface area contributed by atoms with Gasteiger partial charge in [0, 0.05) is 0 Å². The first-order chi connectivity index (χ1) is 7.45. The molecular weight excluding hydrogens is 218 g/mol. The van der Waals surface area contributed by atoms with E-state index < -0.39 is 30.1 Å². The highest BCUT2D eigenvalue weighted by molar-refractivity contribution is 5.87. The summed E-state index contributed by atoms with van der Waals surface area (Å²) < 4.78 is 0. The molecule has 2 atom stereocenters. The molecule has 0 radical (unpaired) electrons. The quantitative estimate of drug-likeness (QED) is 0.659. The van der Waals surface area contributed by atoms with Crippen LogP contribution in [0.25, 0.3) is 0 Å². The van der Waals surface area contributed by atoms with Gasteiger partial charge in [-0.05, 0) is 12.8 Å². The molecule has 2 amide bonds. The normalized spacial score (nSPS) is 24.8. The largest absolute Gasteiger partial charge is 0.481 e. The molecule has 0 aromatic rings. The first-order valence-corrected chi connectivity index (χ1v) is 4.93. The van der Waals surface area contributed by atoms with Crippen molar-refractivity contribution in [3.63, 3.8) is 0 Å². The second-order valence-electron chi connectivity index (χ2n) is 3.73. The SMILES string of the molecule is O=C(O)C1CCCCC1N(C(=O)O)C(=O)O. The minimum Gasteiger partial charge on any atom is -0.481 e. The van der Waals surface area contributed by atoms with E-state index in [4.69, 9.17) is 15.3 Å². The maximum atomic E-state index is 10.9. The van der Waals surface area contributed by atoms with Crippen LogP contribution in [-0.4, -0.2) is 44.4 Å². The van der Waals surface area contributed by atoms with Crippen molar-refractivity contribution in [3.05, 3.63) is 0 Å². The minimum atomic E-state index is -1.62. The van der Waals surface area contributed by atoms with Crippen molar-refractivity contribution in [1.82, 2.24) is 4.90 Å². The number of hydrogen-bond acceptors (Lipinski definition) is 3. The van der Waals surface area contributed by atoms with Gasteiger partial charge in [-0.1, -0.05) is 12.8 Å². The van der Waals surface area contributed by atoms with Gasteiger partial charge in [-0.2, -0.15) is 0 Å². The molecule has 1 fully saturated rings. The lowest BCUT2D eigenvalue weighted by atomic mass is 9.84. The number of rotatable bonds is 2. The number of imide groups is 1. The molecule has 16 heavy (non-hydrogen) atoms. The van der Waals surface area contributed by atoms with Crippen molar-refractivity contribution in [3.8, 4) is 0 Å². The van der Waals surface area contributed by atoms with Crippen LogP contribution in [0.15, 0.2) is 0 Å². The van der Waals surface area contributed by atoms with Gasteiger partial charge in [-0.15, -0.1) is 0 Å². The molecular formula is C9H13NO6. The lowest BCUT2D eigenvalue weighted by Gasteiger charge is -2.33. The Morgan fingerprint density at radius 2 is 1.44 bits per heavy atom. The number of amides is 2. The molecule has 1 saturated carbocycles. The Hall–Kier alpha value is -1.79. The van der Waals surface area contributed by atoms with Crippen LogP contribution < -0.4 is 0 Å². The van der Waals surface area contributed by atoms with Crippen molar-refractivity contribution >= 4 is 18.2 Å². The Kier molecular flexibility index (Phi) is 3.70. The van der Waals surface area contributed by atoms with E-state index in [-0.39, 0.29) is 11.3 Å². The standard InChI is InChI=1S/C9H13NO6/c11-7(12)5-3-1-2-4-6(5)10(8(13)14)9(15)16/h5-6H,1-4H2,(H,11,12)(H,13,14)(H,15,16). The van der Waals surface area contributed by atoms with Crippen molar-refractivity contribution in [2.75, 3.05) is 0 Å². The molecule has 3 N–H and O–H groups in total. The third-order valence-electron chi connectivity index (χ3n) is 2.79.